The number of aromatic nitrogens is 3. The molecule has 2 aromatic rings. The van der Waals surface area contributed by atoms with E-state index >= 15 is 0 Å². The smallest absolute Gasteiger partial charge is 0.243 e. The molecule has 5 heteroatoms. The summed E-state index contributed by atoms with van der Waals surface area (Å²) in [5, 5.41) is 15.7. The number of hydrogen-bond donors (Lipinski definition) is 0. The summed E-state index contributed by atoms with van der Waals surface area (Å²) >= 11 is 3.16. The molecule has 0 N–H and O–H groups in total. The number of benzene rings is 1. The van der Waals surface area contributed by atoms with Crippen molar-refractivity contribution in [2.45, 2.75) is 6.92 Å². The van der Waals surface area contributed by atoms with E-state index < -0.39 is 0 Å². The normalized spacial score (nSPS) is 10.4. The van der Waals surface area contributed by atoms with E-state index in [-0.39, 0.29) is 0 Å². The van der Waals surface area contributed by atoms with Gasteiger partial charge in [0.25, 0.3) is 0 Å². The van der Waals surface area contributed by atoms with Crippen molar-refractivity contribution in [1.82, 2.24) is 9.90 Å². The number of para-hydroxylation sites is 1. The minimum atomic E-state index is 0.446. The highest BCUT2D eigenvalue weighted by atomic mass is 79.9. The first kappa shape index (κ1) is 9.21. The molecule has 0 aliphatic heterocycles. The SMILES string of the molecule is Cc1nn(-c2ccccc2)[n+]([O-])c1Br. The molecule has 1 aromatic carbocycles. The predicted molar refractivity (Wildman–Crippen MR) is 55.0 cm³/mol. The van der Waals surface area contributed by atoms with Crippen LogP contribution in [0, 0.1) is 12.1 Å². The first-order chi connectivity index (χ1) is 6.70. The van der Waals surface area contributed by atoms with Crippen LogP contribution in [0.5, 0.6) is 0 Å². The molecule has 0 unspecified atom stereocenters. The van der Waals surface area contributed by atoms with E-state index in [4.69, 9.17) is 0 Å². The third kappa shape index (κ3) is 1.39. The van der Waals surface area contributed by atoms with Crippen LogP contribution in [0.2, 0.25) is 0 Å². The Balaban J connectivity index is 2.58. The van der Waals surface area contributed by atoms with E-state index in [1.165, 1.54) is 4.80 Å². The van der Waals surface area contributed by atoms with Crippen molar-refractivity contribution in [3.63, 3.8) is 0 Å². The topological polar surface area (TPSA) is 44.8 Å². The van der Waals surface area contributed by atoms with E-state index in [1.54, 1.807) is 6.92 Å². The van der Waals surface area contributed by atoms with Gasteiger partial charge in [-0.25, -0.2) is 0 Å². The maximum atomic E-state index is 11.6. The van der Waals surface area contributed by atoms with E-state index in [0.717, 1.165) is 5.69 Å². The minimum absolute atomic E-state index is 0.446. The van der Waals surface area contributed by atoms with Gasteiger partial charge in [-0.1, -0.05) is 18.2 Å². The van der Waals surface area contributed by atoms with Crippen molar-refractivity contribution in [2.75, 3.05) is 0 Å². The molecule has 0 saturated heterocycles. The average Bonchev–Trinajstić information content (AvgIpc) is 2.47. The molecule has 0 atom stereocenters. The Labute approximate surface area is 89.5 Å². The van der Waals surface area contributed by atoms with Gasteiger partial charge in [0.05, 0.1) is 0 Å². The zero-order valence-electron chi connectivity index (χ0n) is 7.51. The fourth-order valence-electron chi connectivity index (χ4n) is 1.17. The van der Waals surface area contributed by atoms with Gasteiger partial charge in [-0.05, 0) is 16.9 Å². The van der Waals surface area contributed by atoms with Crippen molar-refractivity contribution >= 4 is 15.9 Å². The summed E-state index contributed by atoms with van der Waals surface area (Å²) in [4.78, 5) is 2.02. The number of rotatable bonds is 1. The lowest BCUT2D eigenvalue weighted by Crippen LogP contribution is -2.37. The van der Waals surface area contributed by atoms with Crippen LogP contribution in [0.15, 0.2) is 34.9 Å². The van der Waals surface area contributed by atoms with E-state index in [1.807, 2.05) is 30.3 Å². The molecule has 0 radical (unpaired) electrons. The van der Waals surface area contributed by atoms with Crippen LogP contribution in [0.1, 0.15) is 5.69 Å². The second-order valence-corrected chi connectivity index (χ2v) is 3.63. The van der Waals surface area contributed by atoms with Gasteiger partial charge in [0.15, 0.2) is 0 Å². The number of aryl methyl sites for hydroxylation is 1. The Kier molecular flexibility index (Phi) is 2.25. The van der Waals surface area contributed by atoms with Crippen molar-refractivity contribution in [3.05, 3.63) is 45.8 Å². The summed E-state index contributed by atoms with van der Waals surface area (Å²) in [6, 6.07) is 9.27. The monoisotopic (exact) mass is 253 g/mol. The van der Waals surface area contributed by atoms with Gasteiger partial charge in [-0.3, -0.25) is 0 Å². The number of halogens is 1. The second kappa shape index (κ2) is 3.42. The third-order valence-electron chi connectivity index (χ3n) is 1.87. The Hall–Kier alpha value is -1.36. The predicted octanol–water partition coefficient (Wildman–Crippen LogP) is 1.58. The average molecular weight is 254 g/mol. The molecule has 1 heterocycles. The molecule has 2 rings (SSSR count). The molecule has 0 aliphatic carbocycles. The third-order valence-corrected chi connectivity index (χ3v) is 2.75. The highest BCUT2D eigenvalue weighted by molar-refractivity contribution is 9.10. The Morgan fingerprint density at radius 3 is 2.50 bits per heavy atom. The molecule has 0 aliphatic rings. The zero-order chi connectivity index (χ0) is 10.1. The summed E-state index contributed by atoms with van der Waals surface area (Å²) in [7, 11) is 0. The largest absolute Gasteiger partial charge is 0.691 e. The summed E-state index contributed by atoms with van der Waals surface area (Å²) in [5.41, 5.74) is 1.42. The van der Waals surface area contributed by atoms with Crippen LogP contribution >= 0.6 is 15.9 Å². The summed E-state index contributed by atoms with van der Waals surface area (Å²) in [6.45, 7) is 1.78. The van der Waals surface area contributed by atoms with Crippen molar-refractivity contribution in [1.29, 1.82) is 0 Å². The van der Waals surface area contributed by atoms with Crippen LogP contribution in [-0.4, -0.2) is 9.90 Å². The fourth-order valence-corrected chi connectivity index (χ4v) is 1.40. The van der Waals surface area contributed by atoms with E-state index in [0.29, 0.717) is 15.1 Å². The lowest BCUT2D eigenvalue weighted by molar-refractivity contribution is -0.699. The van der Waals surface area contributed by atoms with Crippen molar-refractivity contribution < 1.29 is 4.85 Å². The van der Waals surface area contributed by atoms with Gasteiger partial charge < -0.3 is 5.21 Å². The summed E-state index contributed by atoms with van der Waals surface area (Å²) in [5.74, 6) is 0. The molecule has 0 bridgehead atoms. The quantitative estimate of drug-likeness (QED) is 0.572. The molecule has 0 spiro atoms. The molecule has 0 fully saturated rings. The minimum Gasteiger partial charge on any atom is -0.691 e. The Morgan fingerprint density at radius 1 is 1.36 bits per heavy atom. The molecular weight excluding hydrogens is 246 g/mol. The molecule has 0 amide bonds. The van der Waals surface area contributed by atoms with Crippen LogP contribution in [0.3, 0.4) is 0 Å². The molecule has 14 heavy (non-hydrogen) atoms. The van der Waals surface area contributed by atoms with Gasteiger partial charge in [0.1, 0.15) is 5.69 Å². The van der Waals surface area contributed by atoms with Crippen LogP contribution in [-0.2, 0) is 0 Å². The molecular formula is C9H8BrN3O. The standard InChI is InChI=1S/C9H8BrN3O/c1-7-9(10)13(14)12(11-7)8-5-3-2-4-6-8/h2-6H,1H3. The van der Waals surface area contributed by atoms with Gasteiger partial charge >= 0.3 is 0 Å². The fraction of sp³-hybridized carbons (Fsp3) is 0.111. The lowest BCUT2D eigenvalue weighted by Gasteiger charge is -2.02. The molecule has 1 aromatic heterocycles. The van der Waals surface area contributed by atoms with Gasteiger partial charge in [-0.15, -0.1) is 4.85 Å². The lowest BCUT2D eigenvalue weighted by atomic mass is 10.3. The molecule has 72 valence electrons. The summed E-state index contributed by atoms with van der Waals surface area (Å²) in [6.07, 6.45) is 0. The number of hydrogen-bond acceptors (Lipinski definition) is 2. The highest BCUT2D eigenvalue weighted by Gasteiger charge is 2.16. The first-order valence-electron chi connectivity index (χ1n) is 4.10. The summed E-state index contributed by atoms with van der Waals surface area (Å²) < 4.78 is 0.446. The molecule has 0 saturated carbocycles. The van der Waals surface area contributed by atoms with Gasteiger partial charge in [-0.2, -0.15) is 0 Å². The van der Waals surface area contributed by atoms with Gasteiger partial charge in [0.2, 0.25) is 10.3 Å². The van der Waals surface area contributed by atoms with Crippen LogP contribution in [0.4, 0.5) is 0 Å². The van der Waals surface area contributed by atoms with E-state index in [9.17, 15) is 5.21 Å². The zero-order valence-corrected chi connectivity index (χ0v) is 9.10. The van der Waals surface area contributed by atoms with E-state index in [2.05, 4.69) is 21.0 Å². The Bertz CT molecular complexity index is 453. The van der Waals surface area contributed by atoms with Crippen LogP contribution in [0.25, 0.3) is 5.69 Å². The highest BCUT2D eigenvalue weighted by Crippen LogP contribution is 2.10. The Morgan fingerprint density at radius 2 is 2.00 bits per heavy atom. The maximum absolute atomic E-state index is 11.6. The van der Waals surface area contributed by atoms with Crippen molar-refractivity contribution in [3.8, 4) is 5.69 Å². The first-order valence-corrected chi connectivity index (χ1v) is 4.90. The van der Waals surface area contributed by atoms with Gasteiger partial charge in [0, 0.05) is 28.0 Å². The van der Waals surface area contributed by atoms with Crippen molar-refractivity contribution in [2.24, 2.45) is 0 Å². The second-order valence-electron chi connectivity index (χ2n) is 2.87. The number of nitrogens with zero attached hydrogens (tertiary/aromatic N) is 3. The molecule has 4 nitrogen and oxygen atoms in total. The van der Waals surface area contributed by atoms with Crippen LogP contribution < -0.4 is 4.85 Å². The maximum Gasteiger partial charge on any atom is 0.243 e.